The van der Waals surface area contributed by atoms with Gasteiger partial charge in [0.25, 0.3) is 0 Å². The molecule has 0 aliphatic rings. The Balaban J connectivity index is 0.00000144. The molecule has 0 saturated heterocycles. The van der Waals surface area contributed by atoms with Crippen LogP contribution in [0, 0.1) is 0 Å². The normalized spacial score (nSPS) is 9.71. The van der Waals surface area contributed by atoms with Crippen LogP contribution in [0.4, 0.5) is 0 Å². The highest BCUT2D eigenvalue weighted by atomic mass is 35.5. The Labute approximate surface area is 107 Å². The van der Waals surface area contributed by atoms with Crippen LogP contribution in [-0.4, -0.2) is 5.97 Å². The van der Waals surface area contributed by atoms with Gasteiger partial charge in [-0.15, -0.1) is 12.4 Å². The molecule has 0 N–H and O–H groups in total. The minimum absolute atomic E-state index is 0. The molecule has 0 spiro atoms. The van der Waals surface area contributed by atoms with Crippen LogP contribution in [-0.2, 0) is 16.1 Å². The van der Waals surface area contributed by atoms with Crippen LogP contribution in [0.15, 0.2) is 42.5 Å². The number of benzene rings is 2. The Morgan fingerprint density at radius 1 is 1.12 bits per heavy atom. The summed E-state index contributed by atoms with van der Waals surface area (Å²) >= 11 is 0. The summed E-state index contributed by atoms with van der Waals surface area (Å²) in [6.45, 7) is 2.15. The summed E-state index contributed by atoms with van der Waals surface area (Å²) in [6, 6.07) is 14.2. The lowest BCUT2D eigenvalue weighted by Crippen LogP contribution is -2.02. The molecule has 2 nitrogen and oxygen atoms in total. The molecule has 0 heterocycles. The molecule has 0 saturated carbocycles. The number of hydrogen-bond acceptors (Lipinski definition) is 2. The van der Waals surface area contributed by atoms with Crippen molar-refractivity contribution in [2.75, 3.05) is 0 Å². The van der Waals surface area contributed by atoms with Crippen molar-refractivity contribution in [1.29, 1.82) is 0 Å². The van der Waals surface area contributed by atoms with E-state index >= 15 is 0 Å². The van der Waals surface area contributed by atoms with Crippen LogP contribution < -0.4 is 0 Å². The first kappa shape index (κ1) is 13.5. The standard InChI is InChI=1S/C14H14O2.ClH/c1-2-14(15)16-10-11-7-8-12-5-3-4-6-13(12)9-11;/h3-9H,2,10H2,1H3;1H. The van der Waals surface area contributed by atoms with E-state index in [0.717, 1.165) is 5.56 Å². The van der Waals surface area contributed by atoms with E-state index in [1.807, 2.05) is 24.3 Å². The van der Waals surface area contributed by atoms with Crippen LogP contribution in [0.3, 0.4) is 0 Å². The summed E-state index contributed by atoms with van der Waals surface area (Å²) in [6.07, 6.45) is 0.424. The minimum atomic E-state index is -0.159. The van der Waals surface area contributed by atoms with Crippen molar-refractivity contribution in [1.82, 2.24) is 0 Å². The lowest BCUT2D eigenvalue weighted by molar-refractivity contribution is -0.144. The number of rotatable bonds is 3. The number of hydrogen-bond donors (Lipinski definition) is 0. The topological polar surface area (TPSA) is 26.3 Å². The highest BCUT2D eigenvalue weighted by Gasteiger charge is 2.00. The fourth-order valence-electron chi connectivity index (χ4n) is 1.59. The summed E-state index contributed by atoms with van der Waals surface area (Å²) in [4.78, 5) is 11.0. The fraction of sp³-hybridized carbons (Fsp3) is 0.214. The Bertz CT molecular complexity index is 508. The van der Waals surface area contributed by atoms with E-state index in [1.165, 1.54) is 10.8 Å². The molecule has 0 bridgehead atoms. The molecule has 0 amide bonds. The van der Waals surface area contributed by atoms with E-state index in [1.54, 1.807) is 6.92 Å². The second-order valence-corrected chi connectivity index (χ2v) is 3.70. The fourth-order valence-corrected chi connectivity index (χ4v) is 1.59. The van der Waals surface area contributed by atoms with Gasteiger partial charge in [-0.1, -0.05) is 43.3 Å². The molecular formula is C14H15ClO2. The van der Waals surface area contributed by atoms with Gasteiger partial charge in [-0.3, -0.25) is 4.79 Å². The lowest BCUT2D eigenvalue weighted by atomic mass is 10.1. The van der Waals surface area contributed by atoms with Gasteiger partial charge >= 0.3 is 5.97 Å². The molecular weight excluding hydrogens is 236 g/mol. The van der Waals surface area contributed by atoms with E-state index in [9.17, 15) is 4.79 Å². The van der Waals surface area contributed by atoms with Crippen molar-refractivity contribution < 1.29 is 9.53 Å². The predicted molar refractivity (Wildman–Crippen MR) is 71.3 cm³/mol. The number of carbonyl (C=O) groups is 1. The van der Waals surface area contributed by atoms with E-state index in [0.29, 0.717) is 13.0 Å². The van der Waals surface area contributed by atoms with Gasteiger partial charge in [0.15, 0.2) is 0 Å². The van der Waals surface area contributed by atoms with Gasteiger partial charge in [0.1, 0.15) is 6.61 Å². The molecule has 0 aromatic heterocycles. The van der Waals surface area contributed by atoms with Crippen molar-refractivity contribution in [3.05, 3.63) is 48.0 Å². The Hall–Kier alpha value is -1.54. The van der Waals surface area contributed by atoms with Crippen LogP contribution in [0.5, 0.6) is 0 Å². The van der Waals surface area contributed by atoms with Gasteiger partial charge in [0.05, 0.1) is 0 Å². The van der Waals surface area contributed by atoms with Crippen molar-refractivity contribution in [2.24, 2.45) is 0 Å². The second-order valence-electron chi connectivity index (χ2n) is 3.70. The summed E-state index contributed by atoms with van der Waals surface area (Å²) in [5, 5.41) is 2.38. The van der Waals surface area contributed by atoms with Gasteiger partial charge in [-0.25, -0.2) is 0 Å². The number of halogens is 1. The third kappa shape index (κ3) is 3.46. The zero-order valence-electron chi connectivity index (χ0n) is 9.68. The second kappa shape index (κ2) is 6.26. The van der Waals surface area contributed by atoms with Crippen LogP contribution in [0.2, 0.25) is 0 Å². The highest BCUT2D eigenvalue weighted by Crippen LogP contribution is 2.16. The van der Waals surface area contributed by atoms with E-state index in [-0.39, 0.29) is 18.4 Å². The van der Waals surface area contributed by atoms with Gasteiger partial charge in [0.2, 0.25) is 0 Å². The summed E-state index contributed by atoms with van der Waals surface area (Å²) in [5.74, 6) is -0.159. The zero-order valence-corrected chi connectivity index (χ0v) is 10.5. The lowest BCUT2D eigenvalue weighted by Gasteiger charge is -2.04. The average molecular weight is 251 g/mol. The van der Waals surface area contributed by atoms with Crippen molar-refractivity contribution in [2.45, 2.75) is 20.0 Å². The Kier molecular flexibility index (Phi) is 4.98. The van der Waals surface area contributed by atoms with Gasteiger partial charge in [-0.2, -0.15) is 0 Å². The van der Waals surface area contributed by atoms with Gasteiger partial charge < -0.3 is 4.74 Å². The molecule has 90 valence electrons. The monoisotopic (exact) mass is 250 g/mol. The molecule has 2 rings (SSSR count). The molecule has 3 heteroatoms. The molecule has 0 fully saturated rings. The first-order valence-corrected chi connectivity index (χ1v) is 5.43. The van der Waals surface area contributed by atoms with Crippen molar-refractivity contribution >= 4 is 29.1 Å². The van der Waals surface area contributed by atoms with Crippen LogP contribution in [0.25, 0.3) is 10.8 Å². The predicted octanol–water partition coefficient (Wildman–Crippen LogP) is 3.71. The number of ether oxygens (including phenoxy) is 1. The van der Waals surface area contributed by atoms with Gasteiger partial charge in [-0.05, 0) is 22.4 Å². The van der Waals surface area contributed by atoms with Crippen molar-refractivity contribution in [3.8, 4) is 0 Å². The highest BCUT2D eigenvalue weighted by molar-refractivity contribution is 5.85. The Morgan fingerprint density at radius 3 is 2.53 bits per heavy atom. The molecule has 2 aromatic rings. The van der Waals surface area contributed by atoms with Crippen LogP contribution in [0.1, 0.15) is 18.9 Å². The van der Waals surface area contributed by atoms with E-state index in [4.69, 9.17) is 4.74 Å². The molecule has 0 unspecified atom stereocenters. The SMILES string of the molecule is CCC(=O)OCc1ccc2ccccc2c1.Cl. The maximum absolute atomic E-state index is 11.0. The smallest absolute Gasteiger partial charge is 0.305 e. The number of esters is 1. The number of fused-ring (bicyclic) bond motifs is 1. The average Bonchev–Trinajstić information content (AvgIpc) is 2.35. The third-order valence-electron chi connectivity index (χ3n) is 2.50. The van der Waals surface area contributed by atoms with E-state index in [2.05, 4.69) is 18.2 Å². The summed E-state index contributed by atoms with van der Waals surface area (Å²) in [7, 11) is 0. The first-order valence-electron chi connectivity index (χ1n) is 5.43. The van der Waals surface area contributed by atoms with Gasteiger partial charge in [0, 0.05) is 6.42 Å². The summed E-state index contributed by atoms with van der Waals surface area (Å²) < 4.78 is 5.09. The first-order chi connectivity index (χ1) is 7.79. The quantitative estimate of drug-likeness (QED) is 0.777. The van der Waals surface area contributed by atoms with Crippen molar-refractivity contribution in [3.63, 3.8) is 0 Å². The van der Waals surface area contributed by atoms with Crippen LogP contribution >= 0.6 is 12.4 Å². The maximum atomic E-state index is 11.0. The maximum Gasteiger partial charge on any atom is 0.305 e. The summed E-state index contributed by atoms with van der Waals surface area (Å²) in [5.41, 5.74) is 1.03. The largest absolute Gasteiger partial charge is 0.461 e. The Morgan fingerprint density at radius 2 is 1.82 bits per heavy atom. The molecule has 0 aliphatic heterocycles. The molecule has 17 heavy (non-hydrogen) atoms. The zero-order chi connectivity index (χ0) is 11.4. The molecule has 0 aliphatic carbocycles. The number of carbonyl (C=O) groups excluding carboxylic acids is 1. The third-order valence-corrected chi connectivity index (χ3v) is 2.50. The molecule has 0 radical (unpaired) electrons. The molecule has 0 atom stereocenters. The molecule has 2 aromatic carbocycles. The van der Waals surface area contributed by atoms with E-state index < -0.39 is 0 Å². The minimum Gasteiger partial charge on any atom is -0.461 e.